The number of rotatable bonds is 7. The van der Waals surface area contributed by atoms with E-state index in [4.69, 9.17) is 4.74 Å². The fourth-order valence-corrected chi connectivity index (χ4v) is 5.81. The fraction of sp³-hybridized carbons (Fsp3) is 0.375. The van der Waals surface area contributed by atoms with Gasteiger partial charge in [-0.15, -0.1) is 0 Å². The quantitative estimate of drug-likeness (QED) is 0.497. The summed E-state index contributed by atoms with van der Waals surface area (Å²) in [6, 6.07) is 9.69. The van der Waals surface area contributed by atoms with Gasteiger partial charge in [-0.3, -0.25) is 0 Å². The zero-order valence-corrected chi connectivity index (χ0v) is 19.2. The second-order valence-electron chi connectivity index (χ2n) is 8.51. The summed E-state index contributed by atoms with van der Waals surface area (Å²) >= 11 is 0. The van der Waals surface area contributed by atoms with Crippen LogP contribution in [-0.2, 0) is 21.4 Å². The summed E-state index contributed by atoms with van der Waals surface area (Å²) in [4.78, 5) is 11.4. The number of halogens is 1. The van der Waals surface area contributed by atoms with Crippen molar-refractivity contribution in [2.45, 2.75) is 50.7 Å². The molecular formula is C24H27FN2O4S. The van der Waals surface area contributed by atoms with E-state index in [0.717, 1.165) is 22.8 Å². The summed E-state index contributed by atoms with van der Waals surface area (Å²) in [7, 11) is -3.66. The largest absolute Gasteiger partial charge is 0.491 e. The van der Waals surface area contributed by atoms with Gasteiger partial charge in [-0.05, 0) is 74.7 Å². The third-order valence-corrected chi connectivity index (χ3v) is 7.77. The molecule has 0 saturated carbocycles. The summed E-state index contributed by atoms with van der Waals surface area (Å²) in [5.74, 6) is 0.234. The van der Waals surface area contributed by atoms with Crippen molar-refractivity contribution in [3.05, 3.63) is 59.5 Å². The van der Waals surface area contributed by atoms with E-state index in [1.165, 1.54) is 10.4 Å². The molecule has 0 spiro atoms. The van der Waals surface area contributed by atoms with E-state index in [2.05, 4.69) is 0 Å². The molecule has 1 unspecified atom stereocenters. The molecule has 0 aliphatic carbocycles. The number of hydrogen-bond donors (Lipinski definition) is 0. The van der Waals surface area contributed by atoms with Crippen LogP contribution in [0.4, 0.5) is 4.39 Å². The van der Waals surface area contributed by atoms with Gasteiger partial charge in [-0.2, -0.15) is 4.31 Å². The van der Waals surface area contributed by atoms with Crippen LogP contribution < -0.4 is 4.74 Å². The van der Waals surface area contributed by atoms with Crippen molar-refractivity contribution in [1.82, 2.24) is 8.87 Å². The minimum Gasteiger partial charge on any atom is -0.491 e. The minimum atomic E-state index is -3.66. The van der Waals surface area contributed by atoms with Crippen LogP contribution in [0.15, 0.2) is 47.5 Å². The summed E-state index contributed by atoms with van der Waals surface area (Å²) in [5.41, 5.74) is 2.17. The first-order valence-corrected chi connectivity index (χ1v) is 12.1. The highest BCUT2D eigenvalue weighted by molar-refractivity contribution is 7.89. The Hall–Kier alpha value is -2.71. The zero-order chi connectivity index (χ0) is 23.0. The predicted molar refractivity (Wildman–Crippen MR) is 121 cm³/mol. The molecule has 2 heterocycles. The number of ether oxygens (including phenoxy) is 1. The number of sulfonamides is 1. The normalized spacial score (nSPS) is 17.3. The molecule has 2 aromatic carbocycles. The Bertz CT molecular complexity index is 1250. The van der Waals surface area contributed by atoms with Crippen LogP contribution in [0.2, 0.25) is 0 Å². The molecule has 8 heteroatoms. The second kappa shape index (κ2) is 8.67. The number of aromatic nitrogens is 1. The number of benzene rings is 2. The molecule has 0 radical (unpaired) electrons. The van der Waals surface area contributed by atoms with E-state index in [9.17, 15) is 17.6 Å². The molecule has 32 heavy (non-hydrogen) atoms. The molecule has 1 atom stereocenters. The fourth-order valence-electron chi connectivity index (χ4n) is 4.31. The first-order valence-electron chi connectivity index (χ1n) is 10.7. The lowest BCUT2D eigenvalue weighted by Crippen LogP contribution is -2.28. The van der Waals surface area contributed by atoms with Crippen molar-refractivity contribution in [2.75, 3.05) is 13.1 Å². The average molecular weight is 459 g/mol. The SMILES string of the molecule is Cc1cc2c(cc1F)c(C1CCN(S(=O)(=O)c3ccc(OC(C)C)cc3)C1)cn2CC=O. The number of aryl methyl sites for hydroxylation is 1. The lowest BCUT2D eigenvalue weighted by molar-refractivity contribution is -0.108. The molecule has 1 aliphatic rings. The van der Waals surface area contributed by atoms with Gasteiger partial charge in [0.05, 0.1) is 17.5 Å². The van der Waals surface area contributed by atoms with E-state index in [-0.39, 0.29) is 29.3 Å². The summed E-state index contributed by atoms with van der Waals surface area (Å²) in [6.07, 6.45) is 3.30. The maximum Gasteiger partial charge on any atom is 0.243 e. The lowest BCUT2D eigenvalue weighted by Gasteiger charge is -2.17. The van der Waals surface area contributed by atoms with Gasteiger partial charge >= 0.3 is 0 Å². The Morgan fingerprint density at radius 2 is 1.94 bits per heavy atom. The Morgan fingerprint density at radius 3 is 2.59 bits per heavy atom. The molecule has 4 rings (SSSR count). The highest BCUT2D eigenvalue weighted by Gasteiger charge is 2.34. The van der Waals surface area contributed by atoms with Gasteiger partial charge in [0, 0.05) is 36.1 Å². The van der Waals surface area contributed by atoms with Crippen molar-refractivity contribution in [2.24, 2.45) is 0 Å². The number of carbonyl (C=O) groups excluding carboxylic acids is 1. The number of fused-ring (bicyclic) bond motifs is 1. The molecular weight excluding hydrogens is 431 g/mol. The van der Waals surface area contributed by atoms with Crippen molar-refractivity contribution in [3.63, 3.8) is 0 Å². The topological polar surface area (TPSA) is 68.6 Å². The zero-order valence-electron chi connectivity index (χ0n) is 18.4. The molecule has 0 amide bonds. The molecule has 0 bridgehead atoms. The second-order valence-corrected chi connectivity index (χ2v) is 10.4. The van der Waals surface area contributed by atoms with Crippen molar-refractivity contribution in [3.8, 4) is 5.75 Å². The summed E-state index contributed by atoms with van der Waals surface area (Å²) in [6.45, 7) is 6.37. The predicted octanol–water partition coefficient (Wildman–Crippen LogP) is 4.25. The van der Waals surface area contributed by atoms with E-state index >= 15 is 0 Å². The van der Waals surface area contributed by atoms with E-state index in [1.54, 1.807) is 41.8 Å². The van der Waals surface area contributed by atoms with Gasteiger partial charge in [0.2, 0.25) is 10.0 Å². The molecule has 6 nitrogen and oxygen atoms in total. The van der Waals surface area contributed by atoms with Crippen LogP contribution in [-0.4, -0.2) is 42.8 Å². The van der Waals surface area contributed by atoms with Gasteiger partial charge in [-0.1, -0.05) is 0 Å². The van der Waals surface area contributed by atoms with Crippen LogP contribution in [0.1, 0.15) is 37.3 Å². The number of hydrogen-bond acceptors (Lipinski definition) is 4. The molecule has 1 aliphatic heterocycles. The van der Waals surface area contributed by atoms with Crippen LogP contribution in [0, 0.1) is 12.7 Å². The van der Waals surface area contributed by atoms with Crippen molar-refractivity contribution < 1.29 is 22.3 Å². The molecule has 0 N–H and O–H groups in total. The van der Waals surface area contributed by atoms with E-state index in [1.807, 2.05) is 20.0 Å². The maximum absolute atomic E-state index is 14.3. The van der Waals surface area contributed by atoms with Crippen LogP contribution in [0.3, 0.4) is 0 Å². The van der Waals surface area contributed by atoms with E-state index in [0.29, 0.717) is 30.8 Å². The molecule has 3 aromatic rings. The van der Waals surface area contributed by atoms with E-state index < -0.39 is 10.0 Å². The van der Waals surface area contributed by atoms with Gasteiger partial charge < -0.3 is 14.1 Å². The Kier molecular flexibility index (Phi) is 6.09. The standard InChI is InChI=1S/C24H27FN2O4S/c1-16(2)31-19-4-6-20(7-5-19)32(29,30)27-9-8-18(14-27)22-15-26(10-11-28)24-12-17(3)23(25)13-21(22)24/h4-7,11-13,15-16,18H,8-10,14H2,1-3H3. The number of nitrogens with zero attached hydrogens (tertiary/aromatic N) is 2. The maximum atomic E-state index is 14.3. The highest BCUT2D eigenvalue weighted by Crippen LogP contribution is 2.37. The Morgan fingerprint density at radius 1 is 1.22 bits per heavy atom. The smallest absolute Gasteiger partial charge is 0.243 e. The van der Waals surface area contributed by atoms with Crippen LogP contribution in [0.5, 0.6) is 5.75 Å². The lowest BCUT2D eigenvalue weighted by atomic mass is 9.97. The number of carbonyl (C=O) groups is 1. The van der Waals surface area contributed by atoms with Crippen LogP contribution in [0.25, 0.3) is 10.9 Å². The third kappa shape index (κ3) is 4.17. The molecule has 1 aromatic heterocycles. The summed E-state index contributed by atoms with van der Waals surface area (Å²) < 4.78 is 49.6. The Labute approximate surface area is 187 Å². The molecule has 1 saturated heterocycles. The number of aldehydes is 1. The first-order chi connectivity index (χ1) is 15.2. The third-order valence-electron chi connectivity index (χ3n) is 5.89. The van der Waals surface area contributed by atoms with Gasteiger partial charge in [0.25, 0.3) is 0 Å². The Balaban J connectivity index is 1.61. The van der Waals surface area contributed by atoms with Gasteiger partial charge in [-0.25, -0.2) is 12.8 Å². The summed E-state index contributed by atoms with van der Waals surface area (Å²) in [5, 5.41) is 0.731. The van der Waals surface area contributed by atoms with Gasteiger partial charge in [0.1, 0.15) is 17.9 Å². The monoisotopic (exact) mass is 458 g/mol. The molecule has 1 fully saturated rings. The molecule has 170 valence electrons. The first kappa shape index (κ1) is 22.5. The average Bonchev–Trinajstić information content (AvgIpc) is 3.35. The highest BCUT2D eigenvalue weighted by atomic mass is 32.2. The van der Waals surface area contributed by atoms with Crippen molar-refractivity contribution in [1.29, 1.82) is 0 Å². The van der Waals surface area contributed by atoms with Crippen molar-refractivity contribution >= 4 is 27.2 Å². The minimum absolute atomic E-state index is 0.00626. The van der Waals surface area contributed by atoms with Gasteiger partial charge in [0.15, 0.2) is 0 Å². The van der Waals surface area contributed by atoms with Crippen LogP contribution >= 0.6 is 0 Å².